The highest BCUT2D eigenvalue weighted by Gasteiger charge is 2.13. The number of nitrogens with two attached hydrogens (primary N) is 1. The van der Waals surface area contributed by atoms with Gasteiger partial charge in [-0.1, -0.05) is 54.9 Å². The van der Waals surface area contributed by atoms with E-state index in [1.807, 2.05) is 30.3 Å². The average molecular weight is 334 g/mol. The van der Waals surface area contributed by atoms with E-state index in [4.69, 9.17) is 10.5 Å². The number of benzene rings is 2. The number of hydrogen-bond acceptors (Lipinski definition) is 2. The molecule has 0 atom stereocenters. The van der Waals surface area contributed by atoms with Gasteiger partial charge >= 0.3 is 0 Å². The molecule has 106 valence electrons. The molecule has 0 spiro atoms. The summed E-state index contributed by atoms with van der Waals surface area (Å²) < 4.78 is 6.83. The van der Waals surface area contributed by atoms with Crippen LogP contribution in [0.3, 0.4) is 0 Å². The van der Waals surface area contributed by atoms with Crippen molar-refractivity contribution >= 4 is 15.9 Å². The van der Waals surface area contributed by atoms with Crippen LogP contribution in [0, 0.1) is 0 Å². The molecular formula is C17H20BrNO. The second kappa shape index (κ2) is 5.98. The molecule has 2 N–H and O–H groups in total. The van der Waals surface area contributed by atoms with Crippen molar-refractivity contribution in [3.63, 3.8) is 0 Å². The fourth-order valence-electron chi connectivity index (χ4n) is 1.92. The smallest absolute Gasteiger partial charge is 0.128 e. The zero-order valence-electron chi connectivity index (χ0n) is 12.1. The summed E-state index contributed by atoms with van der Waals surface area (Å²) in [5, 5.41) is 0. The van der Waals surface area contributed by atoms with Gasteiger partial charge in [0, 0.05) is 11.0 Å². The third-order valence-electron chi connectivity index (χ3n) is 3.20. The first kappa shape index (κ1) is 15.1. The molecule has 0 saturated carbocycles. The Bertz CT molecular complexity index is 585. The first-order chi connectivity index (χ1) is 9.40. The summed E-state index contributed by atoms with van der Waals surface area (Å²) in [6.45, 7) is 7.11. The summed E-state index contributed by atoms with van der Waals surface area (Å²) in [5.41, 5.74) is 8.16. The molecule has 0 amide bonds. The lowest BCUT2D eigenvalue weighted by molar-refractivity contribution is 0.481. The maximum atomic E-state index is 5.86. The third kappa shape index (κ3) is 3.62. The first-order valence-corrected chi connectivity index (χ1v) is 7.46. The van der Waals surface area contributed by atoms with Crippen LogP contribution in [-0.4, -0.2) is 0 Å². The Morgan fingerprint density at radius 2 is 1.60 bits per heavy atom. The summed E-state index contributed by atoms with van der Waals surface area (Å²) in [6, 6.07) is 14.1. The number of rotatable bonds is 3. The Balaban J connectivity index is 2.16. The van der Waals surface area contributed by atoms with Gasteiger partial charge in [-0.25, -0.2) is 0 Å². The third-order valence-corrected chi connectivity index (χ3v) is 3.94. The van der Waals surface area contributed by atoms with Gasteiger partial charge in [-0.15, -0.1) is 0 Å². The van der Waals surface area contributed by atoms with Gasteiger partial charge in [-0.05, 0) is 40.8 Å². The summed E-state index contributed by atoms with van der Waals surface area (Å²) in [6.07, 6.45) is 0. The Morgan fingerprint density at radius 1 is 1.00 bits per heavy atom. The summed E-state index contributed by atoms with van der Waals surface area (Å²) in [7, 11) is 0. The van der Waals surface area contributed by atoms with E-state index >= 15 is 0 Å². The van der Waals surface area contributed by atoms with Crippen LogP contribution >= 0.6 is 15.9 Å². The van der Waals surface area contributed by atoms with E-state index in [1.165, 1.54) is 5.56 Å². The van der Waals surface area contributed by atoms with Crippen LogP contribution in [0.2, 0.25) is 0 Å². The van der Waals surface area contributed by atoms with Crippen molar-refractivity contribution in [3.8, 4) is 11.5 Å². The van der Waals surface area contributed by atoms with Gasteiger partial charge in [0.15, 0.2) is 0 Å². The standard InChI is InChI=1S/C17H20BrNO/c1-17(2,3)13-5-8-14(9-6-13)20-15-7-4-12(11-19)16(18)10-15/h4-10H,11,19H2,1-3H3. The highest BCUT2D eigenvalue weighted by molar-refractivity contribution is 9.10. The molecule has 0 aliphatic carbocycles. The molecule has 0 aliphatic heterocycles. The van der Waals surface area contributed by atoms with Crippen LogP contribution in [0.5, 0.6) is 11.5 Å². The number of ether oxygens (including phenoxy) is 1. The van der Waals surface area contributed by atoms with Crippen LogP contribution in [0.1, 0.15) is 31.9 Å². The minimum Gasteiger partial charge on any atom is -0.457 e. The molecule has 0 saturated heterocycles. The topological polar surface area (TPSA) is 35.2 Å². The maximum Gasteiger partial charge on any atom is 0.128 e. The van der Waals surface area contributed by atoms with Crippen LogP contribution in [0.4, 0.5) is 0 Å². The molecule has 0 fully saturated rings. The quantitative estimate of drug-likeness (QED) is 0.857. The zero-order chi connectivity index (χ0) is 14.8. The molecule has 0 radical (unpaired) electrons. The van der Waals surface area contributed by atoms with Crippen molar-refractivity contribution < 1.29 is 4.74 Å². The number of hydrogen-bond donors (Lipinski definition) is 1. The Labute approximate surface area is 129 Å². The molecule has 0 heterocycles. The lowest BCUT2D eigenvalue weighted by atomic mass is 9.87. The molecular weight excluding hydrogens is 314 g/mol. The molecule has 20 heavy (non-hydrogen) atoms. The van der Waals surface area contributed by atoms with E-state index in [1.54, 1.807) is 0 Å². The largest absolute Gasteiger partial charge is 0.457 e. The van der Waals surface area contributed by atoms with Crippen molar-refractivity contribution in [2.24, 2.45) is 5.73 Å². The van der Waals surface area contributed by atoms with E-state index in [2.05, 4.69) is 48.8 Å². The van der Waals surface area contributed by atoms with Crippen molar-refractivity contribution in [1.29, 1.82) is 0 Å². The van der Waals surface area contributed by atoms with E-state index in [0.29, 0.717) is 6.54 Å². The van der Waals surface area contributed by atoms with Gasteiger partial charge in [0.1, 0.15) is 11.5 Å². The molecule has 0 bridgehead atoms. The first-order valence-electron chi connectivity index (χ1n) is 6.67. The van der Waals surface area contributed by atoms with Crippen molar-refractivity contribution in [1.82, 2.24) is 0 Å². The van der Waals surface area contributed by atoms with Crippen molar-refractivity contribution in [2.75, 3.05) is 0 Å². The summed E-state index contributed by atoms with van der Waals surface area (Å²) in [5.74, 6) is 1.64. The Hall–Kier alpha value is -1.32. The minimum atomic E-state index is 0.157. The van der Waals surface area contributed by atoms with Gasteiger partial charge in [0.25, 0.3) is 0 Å². The molecule has 0 aromatic heterocycles. The second-order valence-corrected chi connectivity index (χ2v) is 6.69. The van der Waals surface area contributed by atoms with Crippen LogP contribution in [0.25, 0.3) is 0 Å². The van der Waals surface area contributed by atoms with Crippen molar-refractivity contribution in [3.05, 3.63) is 58.1 Å². The molecule has 2 aromatic rings. The molecule has 0 unspecified atom stereocenters. The van der Waals surface area contributed by atoms with Gasteiger partial charge in [0.2, 0.25) is 0 Å². The van der Waals surface area contributed by atoms with Crippen LogP contribution in [-0.2, 0) is 12.0 Å². The van der Waals surface area contributed by atoms with Gasteiger partial charge < -0.3 is 10.5 Å². The maximum absolute atomic E-state index is 5.86. The van der Waals surface area contributed by atoms with Gasteiger partial charge in [-0.3, -0.25) is 0 Å². The summed E-state index contributed by atoms with van der Waals surface area (Å²) in [4.78, 5) is 0. The molecule has 2 rings (SSSR count). The van der Waals surface area contributed by atoms with Crippen LogP contribution < -0.4 is 10.5 Å². The van der Waals surface area contributed by atoms with E-state index < -0.39 is 0 Å². The lowest BCUT2D eigenvalue weighted by Crippen LogP contribution is -2.10. The van der Waals surface area contributed by atoms with Gasteiger partial charge in [-0.2, -0.15) is 0 Å². The Kier molecular flexibility index (Phi) is 4.51. The van der Waals surface area contributed by atoms with Crippen LogP contribution in [0.15, 0.2) is 46.9 Å². The normalized spacial score (nSPS) is 11.4. The average Bonchev–Trinajstić information content (AvgIpc) is 2.38. The highest BCUT2D eigenvalue weighted by Crippen LogP contribution is 2.29. The second-order valence-electron chi connectivity index (χ2n) is 5.83. The Morgan fingerprint density at radius 3 is 2.10 bits per heavy atom. The molecule has 0 aliphatic rings. The predicted molar refractivity (Wildman–Crippen MR) is 87.2 cm³/mol. The lowest BCUT2D eigenvalue weighted by Gasteiger charge is -2.19. The SMILES string of the molecule is CC(C)(C)c1ccc(Oc2ccc(CN)c(Br)c2)cc1. The zero-order valence-corrected chi connectivity index (χ0v) is 13.7. The van der Waals surface area contributed by atoms with E-state index in [0.717, 1.165) is 21.5 Å². The monoisotopic (exact) mass is 333 g/mol. The fraction of sp³-hybridized carbons (Fsp3) is 0.294. The van der Waals surface area contributed by atoms with Crippen molar-refractivity contribution in [2.45, 2.75) is 32.7 Å². The summed E-state index contributed by atoms with van der Waals surface area (Å²) >= 11 is 3.50. The van der Waals surface area contributed by atoms with Gasteiger partial charge in [0.05, 0.1) is 0 Å². The minimum absolute atomic E-state index is 0.157. The molecule has 2 aromatic carbocycles. The highest BCUT2D eigenvalue weighted by atomic mass is 79.9. The predicted octanol–water partition coefficient (Wildman–Crippen LogP) is 5.00. The molecule has 3 heteroatoms. The number of halogens is 1. The van der Waals surface area contributed by atoms with E-state index in [-0.39, 0.29) is 5.41 Å². The fourth-order valence-corrected chi connectivity index (χ4v) is 2.44. The molecule has 2 nitrogen and oxygen atoms in total. The van der Waals surface area contributed by atoms with E-state index in [9.17, 15) is 0 Å².